The first kappa shape index (κ1) is 15.0. The fraction of sp³-hybridized carbons (Fsp3) is 0.294. The third kappa shape index (κ3) is 3.29. The van der Waals surface area contributed by atoms with Gasteiger partial charge in [0.05, 0.1) is 23.6 Å². The predicted molar refractivity (Wildman–Crippen MR) is 84.6 cm³/mol. The predicted octanol–water partition coefficient (Wildman–Crippen LogP) is 2.44. The number of hydrogen-bond acceptors (Lipinski definition) is 3. The van der Waals surface area contributed by atoms with Crippen LogP contribution >= 0.6 is 11.6 Å². The maximum absolute atomic E-state index is 12.2. The molecule has 1 aromatic heterocycles. The maximum atomic E-state index is 12.2. The number of nitrogens with one attached hydrogen (secondary N) is 1. The zero-order chi connectivity index (χ0) is 15.5. The van der Waals surface area contributed by atoms with Gasteiger partial charge < -0.3 is 10.4 Å². The van der Waals surface area contributed by atoms with E-state index in [-0.39, 0.29) is 18.4 Å². The van der Waals surface area contributed by atoms with E-state index < -0.39 is 6.10 Å². The van der Waals surface area contributed by atoms with E-state index in [0.29, 0.717) is 17.1 Å². The summed E-state index contributed by atoms with van der Waals surface area (Å²) in [5.41, 5.74) is 2.84. The number of halogens is 1. The molecule has 0 aliphatic heterocycles. The molecule has 2 atom stereocenters. The number of aliphatic hydroxyl groups is 1. The first-order valence-corrected chi connectivity index (χ1v) is 7.67. The summed E-state index contributed by atoms with van der Waals surface area (Å²) < 4.78 is 0. The standard InChI is InChI=1S/C17H17ClN2O2/c18-12-6-7-13(19-10-12)9-16(22)20-17-14-4-2-1-3-11(14)5-8-15(17)21/h1-4,6-7,10,15,17,21H,5,8-9H2,(H,20,22)/t15-,17+/m1/s1. The average molecular weight is 317 g/mol. The van der Waals surface area contributed by atoms with Gasteiger partial charge in [0.2, 0.25) is 5.91 Å². The Morgan fingerprint density at radius 1 is 1.32 bits per heavy atom. The van der Waals surface area contributed by atoms with Gasteiger partial charge in [0.25, 0.3) is 0 Å². The lowest BCUT2D eigenvalue weighted by Gasteiger charge is -2.31. The second-order valence-electron chi connectivity index (χ2n) is 5.49. The van der Waals surface area contributed by atoms with Crippen LogP contribution in [0.15, 0.2) is 42.6 Å². The molecule has 2 N–H and O–H groups in total. The number of nitrogens with zero attached hydrogens (tertiary/aromatic N) is 1. The fourth-order valence-corrected chi connectivity index (χ4v) is 2.93. The number of hydrogen-bond donors (Lipinski definition) is 2. The lowest BCUT2D eigenvalue weighted by molar-refractivity contribution is -0.122. The molecule has 4 nitrogen and oxygen atoms in total. The summed E-state index contributed by atoms with van der Waals surface area (Å²) in [7, 11) is 0. The maximum Gasteiger partial charge on any atom is 0.226 e. The quantitative estimate of drug-likeness (QED) is 0.914. The molecule has 0 saturated heterocycles. The van der Waals surface area contributed by atoms with Crippen molar-refractivity contribution in [3.8, 4) is 0 Å². The van der Waals surface area contributed by atoms with Crippen LogP contribution in [0.2, 0.25) is 5.02 Å². The van der Waals surface area contributed by atoms with Gasteiger partial charge in [-0.25, -0.2) is 0 Å². The Kier molecular flexibility index (Phi) is 4.41. The molecule has 0 unspecified atom stereocenters. The topological polar surface area (TPSA) is 62.2 Å². The number of benzene rings is 1. The molecule has 1 aromatic carbocycles. The molecule has 0 bridgehead atoms. The molecule has 2 aromatic rings. The zero-order valence-electron chi connectivity index (χ0n) is 12.0. The second kappa shape index (κ2) is 6.46. The largest absolute Gasteiger partial charge is 0.391 e. The Balaban J connectivity index is 1.72. The van der Waals surface area contributed by atoms with Crippen LogP contribution in [0, 0.1) is 0 Å². The lowest BCUT2D eigenvalue weighted by atomic mass is 9.85. The number of pyridine rings is 1. The molecule has 22 heavy (non-hydrogen) atoms. The highest BCUT2D eigenvalue weighted by atomic mass is 35.5. The van der Waals surface area contributed by atoms with Gasteiger partial charge in [-0.1, -0.05) is 35.9 Å². The Morgan fingerprint density at radius 2 is 2.14 bits per heavy atom. The van der Waals surface area contributed by atoms with Gasteiger partial charge in [0.15, 0.2) is 0 Å². The number of rotatable bonds is 3. The van der Waals surface area contributed by atoms with E-state index in [1.165, 1.54) is 11.8 Å². The number of fused-ring (bicyclic) bond motifs is 1. The van der Waals surface area contributed by atoms with Crippen LogP contribution < -0.4 is 5.32 Å². The third-order valence-electron chi connectivity index (χ3n) is 3.93. The number of aromatic nitrogens is 1. The van der Waals surface area contributed by atoms with Crippen molar-refractivity contribution in [3.05, 3.63) is 64.4 Å². The van der Waals surface area contributed by atoms with Gasteiger partial charge in [-0.3, -0.25) is 9.78 Å². The van der Waals surface area contributed by atoms with Crippen LogP contribution in [0.4, 0.5) is 0 Å². The minimum atomic E-state index is -0.558. The monoisotopic (exact) mass is 316 g/mol. The van der Waals surface area contributed by atoms with E-state index in [1.54, 1.807) is 12.1 Å². The van der Waals surface area contributed by atoms with E-state index in [2.05, 4.69) is 10.3 Å². The normalized spacial score (nSPS) is 20.3. The summed E-state index contributed by atoms with van der Waals surface area (Å²) in [6.45, 7) is 0. The van der Waals surface area contributed by atoms with Crippen molar-refractivity contribution in [3.63, 3.8) is 0 Å². The fourth-order valence-electron chi connectivity index (χ4n) is 2.82. The first-order valence-electron chi connectivity index (χ1n) is 7.29. The highest BCUT2D eigenvalue weighted by Crippen LogP contribution is 2.29. The zero-order valence-corrected chi connectivity index (χ0v) is 12.8. The highest BCUT2D eigenvalue weighted by molar-refractivity contribution is 6.30. The molecule has 0 fully saturated rings. The van der Waals surface area contributed by atoms with Gasteiger partial charge in [-0.2, -0.15) is 0 Å². The molecule has 3 rings (SSSR count). The van der Waals surface area contributed by atoms with Crippen LogP contribution in [-0.4, -0.2) is 22.1 Å². The average Bonchev–Trinajstić information content (AvgIpc) is 2.52. The molecular formula is C17H17ClN2O2. The molecule has 0 radical (unpaired) electrons. The summed E-state index contributed by atoms with van der Waals surface area (Å²) in [4.78, 5) is 16.3. The lowest BCUT2D eigenvalue weighted by Crippen LogP contribution is -2.40. The van der Waals surface area contributed by atoms with Crippen molar-refractivity contribution in [2.45, 2.75) is 31.4 Å². The van der Waals surface area contributed by atoms with Crippen molar-refractivity contribution in [2.75, 3.05) is 0 Å². The number of amides is 1. The Bertz CT molecular complexity index is 673. The van der Waals surface area contributed by atoms with Crippen molar-refractivity contribution in [1.82, 2.24) is 10.3 Å². The Morgan fingerprint density at radius 3 is 2.91 bits per heavy atom. The van der Waals surface area contributed by atoms with Crippen molar-refractivity contribution >= 4 is 17.5 Å². The van der Waals surface area contributed by atoms with Crippen molar-refractivity contribution < 1.29 is 9.90 Å². The molecule has 1 amide bonds. The van der Waals surface area contributed by atoms with Gasteiger partial charge >= 0.3 is 0 Å². The molecule has 1 heterocycles. The summed E-state index contributed by atoms with van der Waals surface area (Å²) in [6, 6.07) is 11.0. The summed E-state index contributed by atoms with van der Waals surface area (Å²) in [6.07, 6.45) is 2.62. The first-order chi connectivity index (χ1) is 10.6. The van der Waals surface area contributed by atoms with E-state index in [0.717, 1.165) is 12.0 Å². The summed E-state index contributed by atoms with van der Waals surface area (Å²) >= 11 is 5.78. The van der Waals surface area contributed by atoms with Crippen LogP contribution in [0.25, 0.3) is 0 Å². The molecule has 1 aliphatic rings. The smallest absolute Gasteiger partial charge is 0.226 e. The molecule has 114 valence electrons. The molecule has 1 aliphatic carbocycles. The van der Waals surface area contributed by atoms with Gasteiger partial charge in [0.1, 0.15) is 0 Å². The number of aryl methyl sites for hydroxylation is 1. The van der Waals surface area contributed by atoms with E-state index in [9.17, 15) is 9.90 Å². The Labute approximate surface area is 134 Å². The van der Waals surface area contributed by atoms with Gasteiger partial charge in [0, 0.05) is 11.9 Å². The van der Waals surface area contributed by atoms with Crippen LogP contribution in [-0.2, 0) is 17.6 Å². The third-order valence-corrected chi connectivity index (χ3v) is 4.15. The van der Waals surface area contributed by atoms with Gasteiger partial charge in [-0.05, 0) is 36.1 Å². The van der Waals surface area contributed by atoms with E-state index >= 15 is 0 Å². The van der Waals surface area contributed by atoms with Crippen LogP contribution in [0.5, 0.6) is 0 Å². The second-order valence-corrected chi connectivity index (χ2v) is 5.93. The van der Waals surface area contributed by atoms with E-state index in [4.69, 9.17) is 11.6 Å². The van der Waals surface area contributed by atoms with Crippen molar-refractivity contribution in [1.29, 1.82) is 0 Å². The van der Waals surface area contributed by atoms with Crippen LogP contribution in [0.3, 0.4) is 0 Å². The number of carbonyl (C=O) groups excluding carboxylic acids is 1. The molecule has 0 spiro atoms. The number of aliphatic hydroxyl groups excluding tert-OH is 1. The minimum Gasteiger partial charge on any atom is -0.391 e. The van der Waals surface area contributed by atoms with Crippen LogP contribution in [0.1, 0.15) is 29.3 Å². The summed E-state index contributed by atoms with van der Waals surface area (Å²) in [5.74, 6) is -0.157. The van der Waals surface area contributed by atoms with Crippen molar-refractivity contribution in [2.24, 2.45) is 0 Å². The molecule has 5 heteroatoms. The number of carbonyl (C=O) groups is 1. The highest BCUT2D eigenvalue weighted by Gasteiger charge is 2.29. The summed E-state index contributed by atoms with van der Waals surface area (Å²) in [5, 5.41) is 13.7. The minimum absolute atomic E-state index is 0.157. The van der Waals surface area contributed by atoms with Gasteiger partial charge in [-0.15, -0.1) is 0 Å². The molecule has 0 saturated carbocycles. The molecular weight excluding hydrogens is 300 g/mol. The van der Waals surface area contributed by atoms with E-state index in [1.807, 2.05) is 24.3 Å². The Hall–Kier alpha value is -1.91. The SMILES string of the molecule is O=C(Cc1ccc(Cl)cn1)N[C@H]1c2ccccc2CC[C@H]1O.